The molecule has 4 nitrogen and oxygen atoms in total. The Kier molecular flexibility index (Phi) is 7.11. The van der Waals surface area contributed by atoms with Crippen LogP contribution in [0.15, 0.2) is 67.0 Å². The molecule has 1 aliphatic rings. The molecule has 1 aliphatic carbocycles. The van der Waals surface area contributed by atoms with Crippen molar-refractivity contribution in [2.45, 2.75) is 10.2 Å². The van der Waals surface area contributed by atoms with Crippen LogP contribution >= 0.6 is 9.42 Å². The molecule has 0 aliphatic heterocycles. The summed E-state index contributed by atoms with van der Waals surface area (Å²) in [5, 5.41) is 0. The molecule has 6 heteroatoms. The van der Waals surface area contributed by atoms with Gasteiger partial charge in [0.25, 0.3) is 0 Å². The molecule has 1 unspecified atom stereocenters. The second-order valence-corrected chi connectivity index (χ2v) is 7.96. The number of nitrogens with zero attached hydrogens (tertiary/aromatic N) is 2. The van der Waals surface area contributed by atoms with Crippen LogP contribution in [0.4, 0.5) is 0 Å². The van der Waals surface area contributed by atoms with Gasteiger partial charge in [-0.05, 0) is 0 Å². The molecule has 22 heavy (non-hydrogen) atoms. The van der Waals surface area contributed by atoms with E-state index in [4.69, 9.17) is 9.42 Å². The molecule has 0 amide bonds. The predicted molar refractivity (Wildman–Crippen MR) is 85.0 cm³/mol. The van der Waals surface area contributed by atoms with Crippen molar-refractivity contribution in [3.8, 4) is 0 Å². The van der Waals surface area contributed by atoms with Crippen LogP contribution in [-0.2, 0) is 21.3 Å². The molecule has 4 N–H and O–H groups in total. The van der Waals surface area contributed by atoms with Gasteiger partial charge in [-0.3, -0.25) is 0 Å². The van der Waals surface area contributed by atoms with Gasteiger partial charge in [0.05, 0.1) is 0 Å². The molecule has 120 valence electrons. The average molecular weight is 500 g/mol. The standard InChI is InChI=1S/C16H13N2.ClH.2H2O.Pt/c1-3-10-17-15(8-1)13-6-5-7-14(12-13)16-9-2-4-11-18-16;;;;/h1-11H,12H2;1H;2*1H2;/q;;;;+1/p-1. The Labute approximate surface area is 142 Å². The molecule has 2 aromatic heterocycles. The van der Waals surface area contributed by atoms with E-state index < -0.39 is 17.5 Å². The fourth-order valence-electron chi connectivity index (χ4n) is 2.27. The predicted octanol–water partition coefficient (Wildman–Crippen LogP) is 2.30. The quantitative estimate of drug-likeness (QED) is 0.648. The van der Waals surface area contributed by atoms with E-state index >= 15 is 0 Å². The Hall–Kier alpha value is -1.32. The molecule has 0 fully saturated rings. The van der Waals surface area contributed by atoms with E-state index in [9.17, 15) is 0 Å². The molecule has 3 rings (SSSR count). The third kappa shape index (κ3) is 3.71. The average Bonchev–Trinajstić information content (AvgIpc) is 2.56. The van der Waals surface area contributed by atoms with Crippen molar-refractivity contribution in [1.82, 2.24) is 9.97 Å². The summed E-state index contributed by atoms with van der Waals surface area (Å²) in [5.41, 5.74) is 3.30. The van der Waals surface area contributed by atoms with Gasteiger partial charge in [0.15, 0.2) is 0 Å². The van der Waals surface area contributed by atoms with Crippen molar-refractivity contribution in [1.29, 1.82) is 0 Å². The molecule has 0 spiro atoms. The molecular weight excluding hydrogens is 483 g/mol. The maximum absolute atomic E-state index is 6.40. The number of hydrogen-bond donors (Lipinski definition) is 0. The minimum absolute atomic E-state index is 0. The molecule has 2 heterocycles. The molecule has 0 saturated carbocycles. The van der Waals surface area contributed by atoms with E-state index in [1.165, 1.54) is 5.57 Å². The first-order chi connectivity index (χ1) is 9.84. The molecule has 1 atom stereocenters. The zero-order chi connectivity index (χ0) is 13.8. The Morgan fingerprint density at radius 2 is 1.73 bits per heavy atom. The SMILES string of the molecule is O.O.[Cl][Pt][C]1(c2ccccn2)C=CC=C(c2ccccn2)C1. The maximum atomic E-state index is 6.40. The van der Waals surface area contributed by atoms with Crippen LogP contribution in [0.25, 0.3) is 5.57 Å². The Morgan fingerprint density at radius 1 is 1.00 bits per heavy atom. The normalized spacial score (nSPS) is 19.8. The van der Waals surface area contributed by atoms with Crippen LogP contribution in [0.2, 0.25) is 0 Å². The Bertz CT molecular complexity index is 650. The third-order valence-electron chi connectivity index (χ3n) is 3.26. The topological polar surface area (TPSA) is 88.8 Å². The number of allylic oxidation sites excluding steroid dienone is 4. The number of pyridine rings is 2. The summed E-state index contributed by atoms with van der Waals surface area (Å²) in [4.78, 5) is 8.96. The second kappa shape index (κ2) is 8.35. The van der Waals surface area contributed by atoms with Crippen LogP contribution in [-0.4, -0.2) is 20.9 Å². The van der Waals surface area contributed by atoms with E-state index in [1.54, 1.807) is 0 Å². The van der Waals surface area contributed by atoms with Crippen molar-refractivity contribution >= 4 is 15.0 Å². The van der Waals surface area contributed by atoms with Gasteiger partial charge in [-0.25, -0.2) is 0 Å². The van der Waals surface area contributed by atoms with Gasteiger partial charge in [-0.2, -0.15) is 0 Å². The molecule has 0 saturated heterocycles. The fraction of sp³-hybridized carbons (Fsp3) is 0.125. The molecule has 0 radical (unpaired) electrons. The van der Waals surface area contributed by atoms with E-state index in [0.29, 0.717) is 0 Å². The Morgan fingerprint density at radius 3 is 2.32 bits per heavy atom. The van der Waals surface area contributed by atoms with Crippen molar-refractivity contribution < 1.29 is 28.5 Å². The summed E-state index contributed by atoms with van der Waals surface area (Å²) >= 11 is -0.555. The minimum atomic E-state index is -0.555. The van der Waals surface area contributed by atoms with E-state index in [1.807, 2.05) is 42.7 Å². The summed E-state index contributed by atoms with van der Waals surface area (Å²) in [5.74, 6) is 0. The van der Waals surface area contributed by atoms with Crippen LogP contribution < -0.4 is 0 Å². The van der Waals surface area contributed by atoms with Gasteiger partial charge < -0.3 is 11.0 Å². The van der Waals surface area contributed by atoms with E-state index in [-0.39, 0.29) is 14.8 Å². The van der Waals surface area contributed by atoms with Gasteiger partial charge in [0, 0.05) is 0 Å². The van der Waals surface area contributed by atoms with Crippen LogP contribution in [0, 0.1) is 0 Å². The number of hydrogen-bond acceptors (Lipinski definition) is 2. The number of halogens is 1. The van der Waals surface area contributed by atoms with E-state index in [0.717, 1.165) is 17.8 Å². The van der Waals surface area contributed by atoms with Gasteiger partial charge in [-0.15, -0.1) is 0 Å². The Balaban J connectivity index is 0.00000121. The number of rotatable bonds is 3. The first-order valence-electron chi connectivity index (χ1n) is 6.27. The molecule has 0 bridgehead atoms. The monoisotopic (exact) mass is 499 g/mol. The molecule has 2 aromatic rings. The molecule has 0 aromatic carbocycles. The summed E-state index contributed by atoms with van der Waals surface area (Å²) in [6, 6.07) is 12.0. The fourth-order valence-corrected chi connectivity index (χ4v) is 4.95. The van der Waals surface area contributed by atoms with Crippen molar-refractivity contribution in [3.05, 3.63) is 78.4 Å². The van der Waals surface area contributed by atoms with Gasteiger partial charge in [0.1, 0.15) is 0 Å². The summed E-state index contributed by atoms with van der Waals surface area (Å²) in [6.07, 6.45) is 10.9. The van der Waals surface area contributed by atoms with Gasteiger partial charge in [0.2, 0.25) is 0 Å². The zero-order valence-electron chi connectivity index (χ0n) is 11.6. The summed E-state index contributed by atoms with van der Waals surface area (Å²) < 4.78 is -0.135. The van der Waals surface area contributed by atoms with E-state index in [2.05, 4.69) is 34.3 Å². The van der Waals surface area contributed by atoms with Crippen LogP contribution in [0.3, 0.4) is 0 Å². The van der Waals surface area contributed by atoms with Gasteiger partial charge in [-0.1, -0.05) is 0 Å². The van der Waals surface area contributed by atoms with Crippen LogP contribution in [0.1, 0.15) is 17.8 Å². The number of aromatic nitrogens is 2. The zero-order valence-corrected chi connectivity index (χ0v) is 14.7. The first-order valence-corrected chi connectivity index (χ1v) is 10.2. The van der Waals surface area contributed by atoms with Crippen LogP contribution in [0.5, 0.6) is 0 Å². The van der Waals surface area contributed by atoms with Crippen molar-refractivity contribution in [3.63, 3.8) is 0 Å². The van der Waals surface area contributed by atoms with Crippen molar-refractivity contribution in [2.24, 2.45) is 0 Å². The van der Waals surface area contributed by atoms with Crippen molar-refractivity contribution in [2.75, 3.05) is 0 Å². The summed E-state index contributed by atoms with van der Waals surface area (Å²) in [6.45, 7) is 0. The second-order valence-electron chi connectivity index (χ2n) is 4.52. The molecular formula is C16H17ClN2O2Pt. The first kappa shape index (κ1) is 18.7. The van der Waals surface area contributed by atoms with Gasteiger partial charge >= 0.3 is 131 Å². The third-order valence-corrected chi connectivity index (χ3v) is 7.13. The summed E-state index contributed by atoms with van der Waals surface area (Å²) in [7, 11) is 6.40.